The molecule has 1 aliphatic rings. The van der Waals surface area contributed by atoms with Crippen molar-refractivity contribution in [3.8, 4) is 5.75 Å². The van der Waals surface area contributed by atoms with E-state index in [4.69, 9.17) is 4.74 Å². The van der Waals surface area contributed by atoms with Crippen LogP contribution in [0.3, 0.4) is 0 Å². The summed E-state index contributed by atoms with van der Waals surface area (Å²) in [4.78, 5) is 13.6. The number of para-hydroxylation sites is 1. The topological polar surface area (TPSA) is 29.5 Å². The van der Waals surface area contributed by atoms with Crippen molar-refractivity contribution >= 4 is 17.7 Å². The number of hydrogen-bond acceptors (Lipinski definition) is 3. The Morgan fingerprint density at radius 1 is 1.44 bits per heavy atom. The van der Waals surface area contributed by atoms with E-state index in [-0.39, 0.29) is 17.5 Å². The van der Waals surface area contributed by atoms with Gasteiger partial charge in [0, 0.05) is 18.7 Å². The molecule has 0 aromatic heterocycles. The van der Waals surface area contributed by atoms with Crippen molar-refractivity contribution in [2.24, 2.45) is 0 Å². The van der Waals surface area contributed by atoms with E-state index in [2.05, 4.69) is 0 Å². The highest BCUT2D eigenvalue weighted by atomic mass is 32.2. The molecule has 0 N–H and O–H groups in total. The van der Waals surface area contributed by atoms with Gasteiger partial charge in [-0.15, -0.1) is 11.8 Å². The van der Waals surface area contributed by atoms with Crippen LogP contribution in [0.1, 0.15) is 12.8 Å². The van der Waals surface area contributed by atoms with Crippen LogP contribution in [0.2, 0.25) is 0 Å². The molecule has 5 heteroatoms. The molecule has 0 spiro atoms. The summed E-state index contributed by atoms with van der Waals surface area (Å²) in [6, 6.07) is 6.30. The number of benzene rings is 1. The summed E-state index contributed by atoms with van der Waals surface area (Å²) in [7, 11) is 0. The summed E-state index contributed by atoms with van der Waals surface area (Å²) in [5.74, 6) is 1.88. The van der Waals surface area contributed by atoms with Crippen LogP contribution in [0, 0.1) is 5.82 Å². The fraction of sp³-hybridized carbons (Fsp3) is 0.462. The van der Waals surface area contributed by atoms with Crippen LogP contribution < -0.4 is 4.74 Å². The Hall–Kier alpha value is -1.23. The Kier molecular flexibility index (Phi) is 4.87. The van der Waals surface area contributed by atoms with E-state index in [9.17, 15) is 9.18 Å². The highest BCUT2D eigenvalue weighted by Gasteiger charge is 2.17. The van der Waals surface area contributed by atoms with Crippen LogP contribution in [-0.4, -0.2) is 35.6 Å². The SMILES string of the molecule is O=C(CCCOc1ccccc1F)N1CCSC1. The molecule has 1 amide bonds. The lowest BCUT2D eigenvalue weighted by Gasteiger charge is -2.14. The number of rotatable bonds is 5. The number of hydrogen-bond donors (Lipinski definition) is 0. The normalized spacial score (nSPS) is 14.8. The third-order valence-electron chi connectivity index (χ3n) is 2.73. The van der Waals surface area contributed by atoms with E-state index in [0.29, 0.717) is 19.4 Å². The lowest BCUT2D eigenvalue weighted by Crippen LogP contribution is -2.27. The Morgan fingerprint density at radius 3 is 3.00 bits per heavy atom. The second kappa shape index (κ2) is 6.64. The van der Waals surface area contributed by atoms with Crippen molar-refractivity contribution in [1.29, 1.82) is 0 Å². The van der Waals surface area contributed by atoms with Crippen LogP contribution in [-0.2, 0) is 4.79 Å². The van der Waals surface area contributed by atoms with Gasteiger partial charge in [0.2, 0.25) is 5.91 Å². The molecule has 0 saturated carbocycles. The van der Waals surface area contributed by atoms with Gasteiger partial charge >= 0.3 is 0 Å². The average molecular weight is 269 g/mol. The molecule has 0 bridgehead atoms. The number of ether oxygens (including phenoxy) is 1. The molecular formula is C13H16FNO2S. The smallest absolute Gasteiger partial charge is 0.223 e. The van der Waals surface area contributed by atoms with Crippen molar-refractivity contribution in [2.45, 2.75) is 12.8 Å². The molecule has 1 aromatic rings. The molecular weight excluding hydrogens is 253 g/mol. The monoisotopic (exact) mass is 269 g/mol. The van der Waals surface area contributed by atoms with E-state index >= 15 is 0 Å². The molecule has 18 heavy (non-hydrogen) atoms. The Bertz CT molecular complexity index is 408. The van der Waals surface area contributed by atoms with Gasteiger partial charge in [-0.05, 0) is 18.6 Å². The Morgan fingerprint density at radius 2 is 2.28 bits per heavy atom. The first-order chi connectivity index (χ1) is 8.77. The lowest BCUT2D eigenvalue weighted by atomic mass is 10.3. The lowest BCUT2D eigenvalue weighted by molar-refractivity contribution is -0.129. The molecule has 1 aliphatic heterocycles. The van der Waals surface area contributed by atoms with Gasteiger partial charge < -0.3 is 9.64 Å². The molecule has 0 radical (unpaired) electrons. The second-order valence-electron chi connectivity index (χ2n) is 4.08. The standard InChI is InChI=1S/C13H16FNO2S/c14-11-4-1-2-5-12(11)17-8-3-6-13(16)15-7-9-18-10-15/h1-2,4-5H,3,6-10H2. The third-order valence-corrected chi connectivity index (χ3v) is 3.70. The predicted molar refractivity (Wildman–Crippen MR) is 70.2 cm³/mol. The van der Waals surface area contributed by atoms with Gasteiger partial charge in [0.25, 0.3) is 0 Å². The van der Waals surface area contributed by atoms with E-state index < -0.39 is 0 Å². The van der Waals surface area contributed by atoms with E-state index in [0.717, 1.165) is 18.2 Å². The number of thioether (sulfide) groups is 1. The van der Waals surface area contributed by atoms with Gasteiger partial charge in [0.15, 0.2) is 11.6 Å². The molecule has 1 saturated heterocycles. The minimum absolute atomic E-state index is 0.164. The maximum absolute atomic E-state index is 13.2. The maximum atomic E-state index is 13.2. The van der Waals surface area contributed by atoms with E-state index in [1.165, 1.54) is 6.07 Å². The van der Waals surface area contributed by atoms with E-state index in [1.807, 2.05) is 4.90 Å². The fourth-order valence-electron chi connectivity index (χ4n) is 1.74. The highest BCUT2D eigenvalue weighted by molar-refractivity contribution is 7.99. The van der Waals surface area contributed by atoms with Crippen LogP contribution >= 0.6 is 11.8 Å². The third kappa shape index (κ3) is 3.63. The Labute approximate surface area is 110 Å². The molecule has 0 aliphatic carbocycles. The molecule has 2 rings (SSSR count). The van der Waals surface area contributed by atoms with Crippen molar-refractivity contribution in [3.63, 3.8) is 0 Å². The molecule has 0 atom stereocenters. The maximum Gasteiger partial charge on any atom is 0.223 e. The van der Waals surface area contributed by atoms with Crippen molar-refractivity contribution in [1.82, 2.24) is 4.90 Å². The summed E-state index contributed by atoms with van der Waals surface area (Å²) in [6.45, 7) is 1.21. The Balaban J connectivity index is 1.67. The summed E-state index contributed by atoms with van der Waals surface area (Å²) in [5.41, 5.74) is 0. The second-order valence-corrected chi connectivity index (χ2v) is 5.15. The minimum Gasteiger partial charge on any atom is -0.491 e. The number of carbonyl (C=O) groups is 1. The van der Waals surface area contributed by atoms with Crippen LogP contribution in [0.15, 0.2) is 24.3 Å². The number of halogens is 1. The van der Waals surface area contributed by atoms with E-state index in [1.54, 1.807) is 30.0 Å². The van der Waals surface area contributed by atoms with Crippen LogP contribution in [0.5, 0.6) is 5.75 Å². The summed E-state index contributed by atoms with van der Waals surface area (Å²) in [5, 5.41) is 0. The van der Waals surface area contributed by atoms with Gasteiger partial charge in [0.1, 0.15) is 0 Å². The summed E-state index contributed by atoms with van der Waals surface area (Å²) < 4.78 is 18.5. The first-order valence-electron chi connectivity index (χ1n) is 6.00. The quantitative estimate of drug-likeness (QED) is 0.769. The van der Waals surface area contributed by atoms with Gasteiger partial charge in [-0.2, -0.15) is 0 Å². The number of nitrogens with zero attached hydrogens (tertiary/aromatic N) is 1. The van der Waals surface area contributed by atoms with Crippen molar-refractivity contribution in [3.05, 3.63) is 30.1 Å². The predicted octanol–water partition coefficient (Wildman–Crippen LogP) is 2.52. The first-order valence-corrected chi connectivity index (χ1v) is 7.15. The molecule has 98 valence electrons. The van der Waals surface area contributed by atoms with Gasteiger partial charge in [-0.3, -0.25) is 4.79 Å². The van der Waals surface area contributed by atoms with Gasteiger partial charge in [-0.1, -0.05) is 12.1 Å². The summed E-state index contributed by atoms with van der Waals surface area (Å²) in [6.07, 6.45) is 1.09. The van der Waals surface area contributed by atoms with Crippen LogP contribution in [0.4, 0.5) is 4.39 Å². The van der Waals surface area contributed by atoms with Gasteiger partial charge in [-0.25, -0.2) is 4.39 Å². The molecule has 1 heterocycles. The number of carbonyl (C=O) groups excluding carboxylic acids is 1. The number of amides is 1. The molecule has 0 unspecified atom stereocenters. The fourth-order valence-corrected chi connectivity index (χ4v) is 2.71. The average Bonchev–Trinajstić information content (AvgIpc) is 2.90. The largest absolute Gasteiger partial charge is 0.491 e. The van der Waals surface area contributed by atoms with Crippen LogP contribution in [0.25, 0.3) is 0 Å². The van der Waals surface area contributed by atoms with Crippen molar-refractivity contribution < 1.29 is 13.9 Å². The first kappa shape index (κ1) is 13.2. The highest BCUT2D eigenvalue weighted by Crippen LogP contribution is 2.17. The molecule has 1 aromatic carbocycles. The zero-order valence-corrected chi connectivity index (χ0v) is 10.9. The zero-order chi connectivity index (χ0) is 12.8. The molecule has 1 fully saturated rings. The van der Waals surface area contributed by atoms with Gasteiger partial charge in [0.05, 0.1) is 12.5 Å². The molecule has 3 nitrogen and oxygen atoms in total. The summed E-state index contributed by atoms with van der Waals surface area (Å²) >= 11 is 1.77. The minimum atomic E-state index is -0.361. The zero-order valence-electron chi connectivity index (χ0n) is 10.1. The van der Waals surface area contributed by atoms with Crippen molar-refractivity contribution in [2.75, 3.05) is 24.8 Å².